The normalized spacial score (nSPS) is 14.5. The van der Waals surface area contributed by atoms with Gasteiger partial charge in [-0.25, -0.2) is 19.6 Å². The van der Waals surface area contributed by atoms with E-state index in [-0.39, 0.29) is 31.8 Å². The van der Waals surface area contributed by atoms with Gasteiger partial charge in [0.1, 0.15) is 30.5 Å². The number of amides is 3. The van der Waals surface area contributed by atoms with Crippen LogP contribution in [0.4, 0.5) is 9.59 Å². The van der Waals surface area contributed by atoms with E-state index in [2.05, 4.69) is 78.5 Å². The first kappa shape index (κ1) is 35.1. The Kier molecular flexibility index (Phi) is 10.4. The van der Waals surface area contributed by atoms with Crippen molar-refractivity contribution < 1.29 is 28.6 Å². The van der Waals surface area contributed by atoms with Gasteiger partial charge in [-0.1, -0.05) is 48.5 Å². The first-order valence-electron chi connectivity index (χ1n) is 16.8. The van der Waals surface area contributed by atoms with Crippen LogP contribution in [0.3, 0.4) is 0 Å². The summed E-state index contributed by atoms with van der Waals surface area (Å²) in [6.45, 7) is 6.27. The maximum Gasteiger partial charge on any atom is 0.412 e. The molecule has 0 spiro atoms. The Labute approximate surface area is 296 Å². The Bertz CT molecular complexity index is 2010. The molecule has 1 unspecified atom stereocenters. The summed E-state index contributed by atoms with van der Waals surface area (Å²) in [7, 11) is 2.80. The lowest BCUT2D eigenvalue weighted by molar-refractivity contribution is -0.131. The largest absolute Gasteiger partial charge is 0.453 e. The molecule has 6 rings (SSSR count). The Balaban J connectivity index is 1.12. The summed E-state index contributed by atoms with van der Waals surface area (Å²) in [6, 6.07) is 20.8. The first-order valence-corrected chi connectivity index (χ1v) is 16.8. The fraction of sp³-hybridized carbons (Fsp3) is 0.342. The van der Waals surface area contributed by atoms with E-state index in [1.807, 2.05) is 32.9 Å². The summed E-state index contributed by atoms with van der Waals surface area (Å²) in [5.74, 6) is 1.18. The van der Waals surface area contributed by atoms with Crippen LogP contribution in [0.1, 0.15) is 51.3 Å². The molecule has 3 N–H and O–H groups in total. The molecule has 3 amide bonds. The number of aromatic nitrogens is 4. The standard InChI is InChI=1S/C38H43N7O6/c1-38(2,3)51-37(48)44(23-49-4)22-33-39-19-30(42-33)25-10-8-24(9-11-25)26-12-13-28-18-29(15-14-27(28)17-26)31-20-40-35(43-31)32-7-6-16-45(32)34(46)21-41-36(47)50-5/h8-15,17-20,32H,6-7,16,21-23H2,1-5H3,(H,39,42)(H,40,43)(H,41,47). The molecule has 13 nitrogen and oxygen atoms in total. The van der Waals surface area contributed by atoms with Crippen molar-refractivity contribution in [1.29, 1.82) is 0 Å². The highest BCUT2D eigenvalue weighted by Crippen LogP contribution is 2.33. The van der Waals surface area contributed by atoms with E-state index in [4.69, 9.17) is 9.47 Å². The molecule has 1 aliphatic heterocycles. The molecular weight excluding hydrogens is 650 g/mol. The second kappa shape index (κ2) is 15.1. The summed E-state index contributed by atoms with van der Waals surface area (Å²) in [5, 5.41) is 4.66. The predicted octanol–water partition coefficient (Wildman–Crippen LogP) is 6.65. The number of ether oxygens (including phenoxy) is 3. The molecule has 51 heavy (non-hydrogen) atoms. The van der Waals surface area contributed by atoms with E-state index < -0.39 is 17.8 Å². The summed E-state index contributed by atoms with van der Waals surface area (Å²) < 4.78 is 15.3. The van der Waals surface area contributed by atoms with E-state index >= 15 is 0 Å². The second-order valence-corrected chi connectivity index (χ2v) is 13.5. The monoisotopic (exact) mass is 693 g/mol. The lowest BCUT2D eigenvalue weighted by Gasteiger charge is -2.26. The molecule has 3 aromatic carbocycles. The first-order chi connectivity index (χ1) is 24.5. The number of imidazole rings is 2. The molecule has 266 valence electrons. The van der Waals surface area contributed by atoms with Crippen molar-refractivity contribution in [3.05, 3.63) is 84.7 Å². The Morgan fingerprint density at radius 3 is 2.24 bits per heavy atom. The Hall–Kier alpha value is -5.69. The maximum absolute atomic E-state index is 12.8. The van der Waals surface area contributed by atoms with Crippen LogP contribution in [0.5, 0.6) is 0 Å². The van der Waals surface area contributed by atoms with Crippen LogP contribution in [0.25, 0.3) is 44.4 Å². The van der Waals surface area contributed by atoms with Gasteiger partial charge >= 0.3 is 12.2 Å². The van der Waals surface area contributed by atoms with Gasteiger partial charge in [0.2, 0.25) is 5.91 Å². The van der Waals surface area contributed by atoms with Crippen molar-refractivity contribution in [2.24, 2.45) is 0 Å². The number of aromatic amines is 2. The zero-order valence-corrected chi connectivity index (χ0v) is 29.5. The van der Waals surface area contributed by atoms with Crippen LogP contribution in [-0.2, 0) is 25.5 Å². The highest BCUT2D eigenvalue weighted by atomic mass is 16.6. The van der Waals surface area contributed by atoms with Gasteiger partial charge in [0.05, 0.1) is 43.5 Å². The number of nitrogens with one attached hydrogen (secondary N) is 3. The number of rotatable bonds is 10. The van der Waals surface area contributed by atoms with Crippen LogP contribution in [0, 0.1) is 0 Å². The average Bonchev–Trinajstić information content (AvgIpc) is 3.91. The molecule has 0 aliphatic carbocycles. The van der Waals surface area contributed by atoms with E-state index in [0.29, 0.717) is 12.4 Å². The van der Waals surface area contributed by atoms with Crippen molar-refractivity contribution >= 4 is 28.9 Å². The highest BCUT2D eigenvalue weighted by Gasteiger charge is 2.32. The lowest BCUT2D eigenvalue weighted by Crippen LogP contribution is -2.40. The second-order valence-electron chi connectivity index (χ2n) is 13.5. The van der Waals surface area contributed by atoms with Gasteiger partial charge in [-0.05, 0) is 73.2 Å². The summed E-state index contributed by atoms with van der Waals surface area (Å²) >= 11 is 0. The van der Waals surface area contributed by atoms with E-state index in [9.17, 15) is 14.4 Å². The number of hydrogen-bond donors (Lipinski definition) is 3. The van der Waals surface area contributed by atoms with Gasteiger partial charge in [-0.3, -0.25) is 9.69 Å². The third-order valence-corrected chi connectivity index (χ3v) is 8.64. The third kappa shape index (κ3) is 8.38. The molecule has 5 aromatic rings. The maximum atomic E-state index is 12.8. The van der Waals surface area contributed by atoms with E-state index in [0.717, 1.165) is 63.1 Å². The lowest BCUT2D eigenvalue weighted by atomic mass is 9.98. The summed E-state index contributed by atoms with van der Waals surface area (Å²) in [6.07, 6.45) is 4.12. The predicted molar refractivity (Wildman–Crippen MR) is 192 cm³/mol. The number of carbonyl (C=O) groups is 3. The number of nitrogens with zero attached hydrogens (tertiary/aromatic N) is 4. The molecule has 1 saturated heterocycles. The van der Waals surface area contributed by atoms with Gasteiger partial charge in [0.15, 0.2) is 0 Å². The number of carbonyl (C=O) groups excluding carboxylic acids is 3. The van der Waals surface area contributed by atoms with Crippen molar-refractivity contribution in [1.82, 2.24) is 35.1 Å². The topological polar surface area (TPSA) is 155 Å². The molecule has 0 saturated carbocycles. The molecule has 0 radical (unpaired) electrons. The number of hydrogen-bond acceptors (Lipinski definition) is 8. The quantitative estimate of drug-likeness (QED) is 0.138. The molecule has 13 heteroatoms. The molecule has 0 bridgehead atoms. The zero-order chi connectivity index (χ0) is 36.1. The summed E-state index contributed by atoms with van der Waals surface area (Å²) in [4.78, 5) is 55.9. The van der Waals surface area contributed by atoms with Gasteiger partial charge in [-0.2, -0.15) is 0 Å². The smallest absolute Gasteiger partial charge is 0.412 e. The minimum atomic E-state index is -0.633. The van der Waals surface area contributed by atoms with E-state index in [1.54, 1.807) is 17.3 Å². The summed E-state index contributed by atoms with van der Waals surface area (Å²) in [5.41, 5.74) is 5.24. The number of alkyl carbamates (subject to hydrolysis) is 1. The number of H-pyrrole nitrogens is 2. The fourth-order valence-electron chi connectivity index (χ4n) is 6.17. The number of methoxy groups -OCH3 is 2. The van der Waals surface area contributed by atoms with Crippen LogP contribution < -0.4 is 5.32 Å². The number of fused-ring (bicyclic) bond motifs is 1. The van der Waals surface area contributed by atoms with Crippen LogP contribution in [0.15, 0.2) is 73.1 Å². The molecular formula is C38H43N7O6. The van der Waals surface area contributed by atoms with Crippen molar-refractivity contribution in [2.75, 3.05) is 34.0 Å². The molecule has 1 aliphatic rings. The SMILES string of the molecule is COCN(Cc1ncc(-c2ccc(-c3ccc4cc(-c5cnc(C6CCCN6C(=O)CNC(=O)OC)[nH]5)ccc4c3)cc2)[nH]1)C(=O)OC(C)(C)C. The van der Waals surface area contributed by atoms with Crippen LogP contribution in [0.2, 0.25) is 0 Å². The molecule has 1 fully saturated rings. The van der Waals surface area contributed by atoms with Gasteiger partial charge in [-0.15, -0.1) is 0 Å². The van der Waals surface area contributed by atoms with Crippen molar-refractivity contribution in [2.45, 2.75) is 51.8 Å². The third-order valence-electron chi connectivity index (χ3n) is 8.64. The highest BCUT2D eigenvalue weighted by molar-refractivity contribution is 5.90. The van der Waals surface area contributed by atoms with Crippen molar-refractivity contribution in [3.8, 4) is 33.6 Å². The minimum absolute atomic E-state index is 0.0827. The molecule has 3 heterocycles. The van der Waals surface area contributed by atoms with Crippen molar-refractivity contribution in [3.63, 3.8) is 0 Å². The average molecular weight is 694 g/mol. The number of likely N-dealkylation sites (tertiary alicyclic amines) is 1. The Morgan fingerprint density at radius 2 is 1.53 bits per heavy atom. The van der Waals surface area contributed by atoms with Crippen LogP contribution in [-0.4, -0.2) is 87.5 Å². The van der Waals surface area contributed by atoms with Gasteiger partial charge in [0.25, 0.3) is 0 Å². The van der Waals surface area contributed by atoms with Gasteiger partial charge in [0, 0.05) is 19.2 Å². The zero-order valence-electron chi connectivity index (χ0n) is 29.5. The molecule has 2 aromatic heterocycles. The van der Waals surface area contributed by atoms with E-state index in [1.165, 1.54) is 19.1 Å². The van der Waals surface area contributed by atoms with Gasteiger partial charge < -0.3 is 34.4 Å². The Morgan fingerprint density at radius 1 is 0.882 bits per heavy atom. The fourth-order valence-corrected chi connectivity index (χ4v) is 6.17. The van der Waals surface area contributed by atoms with Crippen LogP contribution >= 0.6 is 0 Å². The molecule has 1 atom stereocenters. The number of benzene rings is 3. The minimum Gasteiger partial charge on any atom is -0.453 e.